The summed E-state index contributed by atoms with van der Waals surface area (Å²) >= 11 is 0. The molecule has 3 rings (SSSR count). The summed E-state index contributed by atoms with van der Waals surface area (Å²) in [5.74, 6) is 1.77. The highest BCUT2D eigenvalue weighted by atomic mass is 16.7. The molecular formula is C15H23N3O2. The van der Waals surface area contributed by atoms with Gasteiger partial charge in [0.05, 0.1) is 0 Å². The van der Waals surface area contributed by atoms with E-state index >= 15 is 0 Å². The third kappa shape index (κ3) is 3.23. The van der Waals surface area contributed by atoms with Crippen LogP contribution < -0.4 is 14.8 Å². The zero-order valence-corrected chi connectivity index (χ0v) is 12.1. The van der Waals surface area contributed by atoms with Gasteiger partial charge in [0.2, 0.25) is 6.79 Å². The molecule has 0 saturated carbocycles. The third-order valence-corrected chi connectivity index (χ3v) is 3.99. The number of nitrogens with one attached hydrogen (secondary N) is 1. The smallest absolute Gasteiger partial charge is 0.231 e. The lowest BCUT2D eigenvalue weighted by Crippen LogP contribution is -2.46. The number of ether oxygens (including phenoxy) is 2. The Kier molecular flexibility index (Phi) is 4.40. The van der Waals surface area contributed by atoms with Crippen molar-refractivity contribution in [3.63, 3.8) is 0 Å². The molecule has 0 atom stereocenters. The minimum atomic E-state index is 0.341. The van der Waals surface area contributed by atoms with Gasteiger partial charge in [0.1, 0.15) is 0 Å². The molecule has 1 aromatic rings. The van der Waals surface area contributed by atoms with Gasteiger partial charge in [0, 0.05) is 51.4 Å². The van der Waals surface area contributed by atoms with E-state index in [1.54, 1.807) is 0 Å². The average Bonchev–Trinajstić information content (AvgIpc) is 2.94. The highest BCUT2D eigenvalue weighted by molar-refractivity contribution is 5.48. The van der Waals surface area contributed by atoms with Crippen molar-refractivity contribution in [2.24, 2.45) is 0 Å². The maximum absolute atomic E-state index is 5.51. The molecule has 110 valence electrons. The first kappa shape index (κ1) is 13.7. The molecule has 0 radical (unpaired) electrons. The standard InChI is InChI=1S/C15H23N3O2/c1-17-7-9-18(10-8-17)6-5-16-11-13-3-2-4-14-15(13)20-12-19-14/h2-4,16H,5-12H2,1H3. The second-order valence-corrected chi connectivity index (χ2v) is 5.47. The van der Waals surface area contributed by atoms with Gasteiger partial charge in [-0.05, 0) is 13.1 Å². The Bertz CT molecular complexity index is 445. The summed E-state index contributed by atoms with van der Waals surface area (Å²) in [6.07, 6.45) is 0. The van der Waals surface area contributed by atoms with Crippen LogP contribution in [0.5, 0.6) is 11.5 Å². The second-order valence-electron chi connectivity index (χ2n) is 5.47. The van der Waals surface area contributed by atoms with Crippen molar-refractivity contribution >= 4 is 0 Å². The second kappa shape index (κ2) is 6.43. The van der Waals surface area contributed by atoms with Gasteiger partial charge in [-0.2, -0.15) is 0 Å². The quantitative estimate of drug-likeness (QED) is 0.804. The lowest BCUT2D eigenvalue weighted by molar-refractivity contribution is 0.154. The number of piperazine rings is 1. The average molecular weight is 277 g/mol. The molecule has 2 heterocycles. The highest BCUT2D eigenvalue weighted by Crippen LogP contribution is 2.35. The summed E-state index contributed by atoms with van der Waals surface area (Å²) in [6, 6.07) is 6.07. The maximum Gasteiger partial charge on any atom is 0.231 e. The monoisotopic (exact) mass is 277 g/mol. The summed E-state index contributed by atoms with van der Waals surface area (Å²) < 4.78 is 10.9. The summed E-state index contributed by atoms with van der Waals surface area (Å²) in [5.41, 5.74) is 1.18. The van der Waals surface area contributed by atoms with Crippen LogP contribution in [-0.2, 0) is 6.54 Å². The van der Waals surface area contributed by atoms with Crippen molar-refractivity contribution < 1.29 is 9.47 Å². The van der Waals surface area contributed by atoms with E-state index in [1.165, 1.54) is 31.7 Å². The number of hydrogen-bond donors (Lipinski definition) is 1. The molecule has 5 nitrogen and oxygen atoms in total. The number of fused-ring (bicyclic) bond motifs is 1. The minimum Gasteiger partial charge on any atom is -0.454 e. The Morgan fingerprint density at radius 1 is 1.15 bits per heavy atom. The van der Waals surface area contributed by atoms with E-state index in [1.807, 2.05) is 12.1 Å². The molecule has 0 aliphatic carbocycles. The van der Waals surface area contributed by atoms with Gasteiger partial charge in [0.15, 0.2) is 11.5 Å². The van der Waals surface area contributed by atoms with Crippen LogP contribution in [0, 0.1) is 0 Å². The Morgan fingerprint density at radius 2 is 2.00 bits per heavy atom. The van der Waals surface area contributed by atoms with Gasteiger partial charge in [-0.15, -0.1) is 0 Å². The van der Waals surface area contributed by atoms with Gasteiger partial charge in [-0.25, -0.2) is 0 Å². The van der Waals surface area contributed by atoms with Crippen LogP contribution in [0.3, 0.4) is 0 Å². The SMILES string of the molecule is CN1CCN(CCNCc2cccc3c2OCO3)CC1. The Morgan fingerprint density at radius 3 is 2.85 bits per heavy atom. The molecule has 1 saturated heterocycles. The molecule has 0 bridgehead atoms. The number of likely N-dealkylation sites (N-methyl/N-ethyl adjacent to an activating group) is 1. The first-order valence-corrected chi connectivity index (χ1v) is 7.32. The molecule has 20 heavy (non-hydrogen) atoms. The zero-order chi connectivity index (χ0) is 13.8. The maximum atomic E-state index is 5.51. The summed E-state index contributed by atoms with van der Waals surface area (Å²) in [6.45, 7) is 8.00. The Labute approximate surface area is 120 Å². The molecule has 0 unspecified atom stereocenters. The predicted molar refractivity (Wildman–Crippen MR) is 78.2 cm³/mol. The fourth-order valence-electron chi connectivity index (χ4n) is 2.66. The molecular weight excluding hydrogens is 254 g/mol. The fraction of sp³-hybridized carbons (Fsp3) is 0.600. The molecule has 1 N–H and O–H groups in total. The first-order chi connectivity index (χ1) is 9.83. The zero-order valence-electron chi connectivity index (χ0n) is 12.1. The van der Waals surface area contributed by atoms with E-state index in [-0.39, 0.29) is 0 Å². The van der Waals surface area contributed by atoms with Crippen molar-refractivity contribution in [3.8, 4) is 11.5 Å². The molecule has 2 aliphatic heterocycles. The normalized spacial score (nSPS) is 19.4. The van der Waals surface area contributed by atoms with Crippen LogP contribution in [0.4, 0.5) is 0 Å². The highest BCUT2D eigenvalue weighted by Gasteiger charge is 2.17. The minimum absolute atomic E-state index is 0.341. The number of nitrogens with zero attached hydrogens (tertiary/aromatic N) is 2. The molecule has 2 aliphatic rings. The number of para-hydroxylation sites is 1. The number of hydrogen-bond acceptors (Lipinski definition) is 5. The fourth-order valence-corrected chi connectivity index (χ4v) is 2.66. The van der Waals surface area contributed by atoms with Crippen LogP contribution in [0.1, 0.15) is 5.56 Å². The van der Waals surface area contributed by atoms with Crippen LogP contribution in [0.2, 0.25) is 0 Å². The number of benzene rings is 1. The van der Waals surface area contributed by atoms with Crippen LogP contribution >= 0.6 is 0 Å². The van der Waals surface area contributed by atoms with Gasteiger partial charge in [0.25, 0.3) is 0 Å². The number of rotatable bonds is 5. The van der Waals surface area contributed by atoms with Gasteiger partial charge in [-0.3, -0.25) is 4.90 Å². The first-order valence-electron chi connectivity index (χ1n) is 7.32. The molecule has 0 amide bonds. The van der Waals surface area contributed by atoms with E-state index in [4.69, 9.17) is 9.47 Å². The van der Waals surface area contributed by atoms with E-state index in [0.29, 0.717) is 6.79 Å². The van der Waals surface area contributed by atoms with Crippen LogP contribution in [0.25, 0.3) is 0 Å². The topological polar surface area (TPSA) is 37.0 Å². The predicted octanol–water partition coefficient (Wildman–Crippen LogP) is 0.752. The summed E-state index contributed by atoms with van der Waals surface area (Å²) in [4.78, 5) is 4.90. The lowest BCUT2D eigenvalue weighted by atomic mass is 10.2. The van der Waals surface area contributed by atoms with Crippen molar-refractivity contribution in [2.75, 3.05) is 53.1 Å². The van der Waals surface area contributed by atoms with Crippen molar-refractivity contribution in [1.82, 2.24) is 15.1 Å². The van der Waals surface area contributed by atoms with Crippen molar-refractivity contribution in [3.05, 3.63) is 23.8 Å². The van der Waals surface area contributed by atoms with Gasteiger partial charge in [-0.1, -0.05) is 12.1 Å². The third-order valence-electron chi connectivity index (χ3n) is 3.99. The summed E-state index contributed by atoms with van der Waals surface area (Å²) in [7, 11) is 2.19. The molecule has 0 spiro atoms. The van der Waals surface area contributed by atoms with E-state index < -0.39 is 0 Å². The van der Waals surface area contributed by atoms with Crippen molar-refractivity contribution in [2.45, 2.75) is 6.54 Å². The molecule has 5 heteroatoms. The largest absolute Gasteiger partial charge is 0.454 e. The van der Waals surface area contributed by atoms with E-state index in [9.17, 15) is 0 Å². The van der Waals surface area contributed by atoms with Gasteiger partial charge >= 0.3 is 0 Å². The lowest BCUT2D eigenvalue weighted by Gasteiger charge is -2.32. The van der Waals surface area contributed by atoms with E-state index in [2.05, 4.69) is 28.2 Å². The Hall–Kier alpha value is -1.30. The van der Waals surface area contributed by atoms with Crippen LogP contribution in [0.15, 0.2) is 18.2 Å². The van der Waals surface area contributed by atoms with Crippen molar-refractivity contribution in [1.29, 1.82) is 0 Å². The molecule has 1 aromatic carbocycles. The van der Waals surface area contributed by atoms with Gasteiger partial charge < -0.3 is 19.7 Å². The molecule has 1 fully saturated rings. The van der Waals surface area contributed by atoms with E-state index in [0.717, 1.165) is 31.1 Å². The Balaban J connectivity index is 1.41. The summed E-state index contributed by atoms with van der Waals surface area (Å²) in [5, 5.41) is 3.50. The molecule has 0 aromatic heterocycles. The van der Waals surface area contributed by atoms with Crippen LogP contribution in [-0.4, -0.2) is 62.9 Å².